The predicted octanol–water partition coefficient (Wildman–Crippen LogP) is 6.97. The lowest BCUT2D eigenvalue weighted by atomic mass is 9.47. The van der Waals surface area contributed by atoms with Crippen molar-refractivity contribution >= 4 is 33.1 Å². The second-order valence-corrected chi connectivity index (χ2v) is 10.6. The van der Waals surface area contributed by atoms with Crippen molar-refractivity contribution < 1.29 is 4.79 Å². The molecule has 3 heteroatoms. The molecule has 1 aromatic carbocycles. The van der Waals surface area contributed by atoms with E-state index in [1.165, 1.54) is 31.3 Å². The van der Waals surface area contributed by atoms with Gasteiger partial charge in [-0.1, -0.05) is 61.4 Å². The van der Waals surface area contributed by atoms with Crippen molar-refractivity contribution in [1.29, 1.82) is 0 Å². The van der Waals surface area contributed by atoms with Crippen LogP contribution < -0.4 is 5.32 Å². The van der Waals surface area contributed by atoms with Crippen LogP contribution in [0.4, 0.5) is 5.69 Å². The first-order valence-electron chi connectivity index (χ1n) is 10.2. The largest absolute Gasteiger partial charge is 0.321 e. The van der Waals surface area contributed by atoms with Crippen molar-refractivity contribution in [3.8, 4) is 0 Å². The molecule has 2 fully saturated rings. The summed E-state index contributed by atoms with van der Waals surface area (Å²) in [7, 11) is 0. The summed E-state index contributed by atoms with van der Waals surface area (Å²) in [4.78, 5) is 12.5. The first-order chi connectivity index (χ1) is 12.7. The van der Waals surface area contributed by atoms with Gasteiger partial charge in [-0.05, 0) is 73.0 Å². The number of halogens is 1. The van der Waals surface area contributed by atoms with Gasteiger partial charge >= 0.3 is 0 Å². The number of fused-ring (bicyclic) bond motifs is 2. The molecule has 4 rings (SSSR count). The van der Waals surface area contributed by atoms with E-state index >= 15 is 0 Å². The molecule has 1 amide bonds. The molecule has 1 heterocycles. The van der Waals surface area contributed by atoms with Crippen LogP contribution in [0.15, 0.2) is 40.9 Å². The molecular formula is C24H30BrNO. The van der Waals surface area contributed by atoms with Crippen molar-refractivity contribution in [1.82, 2.24) is 0 Å². The Bertz CT molecular complexity index is 837. The van der Waals surface area contributed by atoms with Crippen LogP contribution in [0, 0.1) is 22.7 Å². The summed E-state index contributed by atoms with van der Waals surface area (Å²) in [6, 6.07) is 5.99. The van der Waals surface area contributed by atoms with Crippen LogP contribution in [-0.2, 0) is 4.79 Å². The third-order valence-corrected chi connectivity index (χ3v) is 8.13. The summed E-state index contributed by atoms with van der Waals surface area (Å²) < 4.78 is 1.01. The lowest BCUT2D eigenvalue weighted by Crippen LogP contribution is -2.49. The Morgan fingerprint density at radius 2 is 2.07 bits per heavy atom. The van der Waals surface area contributed by atoms with E-state index in [4.69, 9.17) is 0 Å². The number of carbonyl (C=O) groups is 1. The van der Waals surface area contributed by atoms with Gasteiger partial charge in [0.05, 0.1) is 0 Å². The number of carbonyl (C=O) groups excluding carboxylic acids is 1. The van der Waals surface area contributed by atoms with Gasteiger partial charge in [0.25, 0.3) is 5.91 Å². The molecule has 0 unspecified atom stereocenters. The zero-order valence-electron chi connectivity index (χ0n) is 16.7. The molecular weight excluding hydrogens is 398 g/mol. The van der Waals surface area contributed by atoms with Crippen LogP contribution in [0.2, 0.25) is 0 Å². The lowest BCUT2D eigenvalue weighted by Gasteiger charge is -2.58. The summed E-state index contributed by atoms with van der Waals surface area (Å²) >= 11 is 3.54. The number of rotatable bonds is 2. The Morgan fingerprint density at radius 1 is 1.30 bits per heavy atom. The number of nitrogens with one attached hydrogen (secondary N) is 1. The van der Waals surface area contributed by atoms with E-state index in [0.717, 1.165) is 40.1 Å². The minimum atomic E-state index is 0.0233. The molecule has 1 aliphatic heterocycles. The van der Waals surface area contributed by atoms with E-state index < -0.39 is 0 Å². The maximum absolute atomic E-state index is 12.5. The Balaban J connectivity index is 1.66. The quantitative estimate of drug-likeness (QED) is 0.400. The normalized spacial score (nSPS) is 33.6. The van der Waals surface area contributed by atoms with Crippen molar-refractivity contribution in [3.63, 3.8) is 0 Å². The first-order valence-corrected chi connectivity index (χ1v) is 11.0. The molecule has 27 heavy (non-hydrogen) atoms. The van der Waals surface area contributed by atoms with Gasteiger partial charge in [0.1, 0.15) is 0 Å². The number of hydrogen-bond acceptors (Lipinski definition) is 1. The number of anilines is 1. The minimum Gasteiger partial charge on any atom is -0.321 e. The second kappa shape index (κ2) is 6.62. The van der Waals surface area contributed by atoms with Gasteiger partial charge in [-0.25, -0.2) is 0 Å². The van der Waals surface area contributed by atoms with Gasteiger partial charge < -0.3 is 5.32 Å². The standard InChI is InChI=1S/C24H30BrNO/c1-15-6-11-21-23(2,3)12-5-13-24(21,4)19(15)9-8-17-18-14-16(25)7-10-20(18)26-22(17)27/h7-8,10,14,19,21H,1,5-6,9,11-13H2,2-4H3,(H,26,27)/b17-8+/t19-,21-,24+/m0/s1. The molecule has 2 nitrogen and oxygen atoms in total. The highest BCUT2D eigenvalue weighted by molar-refractivity contribution is 9.10. The van der Waals surface area contributed by atoms with Crippen molar-refractivity contribution in [2.24, 2.45) is 22.7 Å². The summed E-state index contributed by atoms with van der Waals surface area (Å²) in [6.07, 6.45) is 9.41. The second-order valence-electron chi connectivity index (χ2n) is 9.65. The fraction of sp³-hybridized carbons (Fsp3) is 0.542. The average molecular weight is 428 g/mol. The van der Waals surface area contributed by atoms with Gasteiger partial charge in [0.15, 0.2) is 0 Å². The third-order valence-electron chi connectivity index (χ3n) is 7.64. The molecule has 0 radical (unpaired) electrons. The smallest absolute Gasteiger partial charge is 0.256 e. The van der Waals surface area contributed by atoms with E-state index in [1.54, 1.807) is 0 Å². The van der Waals surface area contributed by atoms with Crippen LogP contribution in [0.5, 0.6) is 0 Å². The van der Waals surface area contributed by atoms with Crippen LogP contribution in [0.1, 0.15) is 64.9 Å². The summed E-state index contributed by atoms with van der Waals surface area (Å²) in [5.41, 5.74) is 4.84. The molecule has 3 aliphatic rings. The maximum Gasteiger partial charge on any atom is 0.256 e. The van der Waals surface area contributed by atoms with Gasteiger partial charge in [-0.2, -0.15) is 0 Å². The van der Waals surface area contributed by atoms with Crippen LogP contribution in [-0.4, -0.2) is 5.91 Å². The molecule has 0 spiro atoms. The molecule has 1 N–H and O–H groups in total. The van der Waals surface area contributed by atoms with Crippen LogP contribution in [0.3, 0.4) is 0 Å². The molecule has 144 valence electrons. The Kier molecular flexibility index (Phi) is 4.65. The highest BCUT2D eigenvalue weighted by Crippen LogP contribution is 2.61. The van der Waals surface area contributed by atoms with Crippen LogP contribution >= 0.6 is 15.9 Å². The molecule has 2 saturated carbocycles. The van der Waals surface area contributed by atoms with E-state index in [0.29, 0.717) is 16.7 Å². The number of hydrogen-bond donors (Lipinski definition) is 1. The molecule has 0 bridgehead atoms. The van der Waals surface area contributed by atoms with E-state index in [1.807, 2.05) is 18.2 Å². The number of benzene rings is 1. The highest BCUT2D eigenvalue weighted by Gasteiger charge is 2.52. The number of amides is 1. The SMILES string of the molecule is C=C1CC[C@H]2C(C)(C)CCC[C@]2(C)[C@H]1C/C=C1/C(=O)Nc2ccc(Br)cc21. The van der Waals surface area contributed by atoms with Gasteiger partial charge in [-0.15, -0.1) is 0 Å². The van der Waals surface area contributed by atoms with Gasteiger partial charge in [0.2, 0.25) is 0 Å². The highest BCUT2D eigenvalue weighted by atomic mass is 79.9. The predicted molar refractivity (Wildman–Crippen MR) is 116 cm³/mol. The average Bonchev–Trinajstić information content (AvgIpc) is 2.88. The fourth-order valence-electron chi connectivity index (χ4n) is 6.31. The summed E-state index contributed by atoms with van der Waals surface area (Å²) in [5.74, 6) is 1.23. The molecule has 1 aromatic rings. The molecule has 2 aliphatic carbocycles. The van der Waals surface area contributed by atoms with Gasteiger partial charge in [-0.3, -0.25) is 4.79 Å². The van der Waals surface area contributed by atoms with E-state index in [2.05, 4.69) is 54.7 Å². The van der Waals surface area contributed by atoms with Crippen LogP contribution in [0.25, 0.3) is 5.57 Å². The fourth-order valence-corrected chi connectivity index (χ4v) is 6.67. The molecule has 3 atom stereocenters. The zero-order valence-corrected chi connectivity index (χ0v) is 18.3. The van der Waals surface area contributed by atoms with E-state index in [-0.39, 0.29) is 5.91 Å². The lowest BCUT2D eigenvalue weighted by molar-refractivity contribution is -0.110. The topological polar surface area (TPSA) is 29.1 Å². The maximum atomic E-state index is 12.5. The third kappa shape index (κ3) is 3.12. The monoisotopic (exact) mass is 427 g/mol. The van der Waals surface area contributed by atoms with Crippen molar-refractivity contribution in [2.45, 2.75) is 59.3 Å². The molecule has 0 aromatic heterocycles. The van der Waals surface area contributed by atoms with E-state index in [9.17, 15) is 4.79 Å². The molecule has 0 saturated heterocycles. The van der Waals surface area contributed by atoms with Gasteiger partial charge in [0, 0.05) is 21.3 Å². The summed E-state index contributed by atoms with van der Waals surface area (Å²) in [5, 5.41) is 3.00. The first kappa shape index (κ1) is 19.0. The minimum absolute atomic E-state index is 0.0233. The number of allylic oxidation sites excluding steroid dienone is 2. The Morgan fingerprint density at radius 3 is 2.85 bits per heavy atom. The zero-order chi connectivity index (χ0) is 19.4. The Hall–Kier alpha value is -1.35. The van der Waals surface area contributed by atoms with Crippen molar-refractivity contribution in [2.75, 3.05) is 5.32 Å². The van der Waals surface area contributed by atoms with Crippen molar-refractivity contribution in [3.05, 3.63) is 46.5 Å². The summed E-state index contributed by atoms with van der Waals surface area (Å²) in [6.45, 7) is 11.9. The Labute approximate surface area is 171 Å².